The molecule has 0 N–H and O–H groups in total. The number of hydrogen-bond acceptors (Lipinski definition) is 2. The van der Waals surface area contributed by atoms with Crippen molar-refractivity contribution in [1.29, 1.82) is 0 Å². The summed E-state index contributed by atoms with van der Waals surface area (Å²) >= 11 is 5.95. The molecular weight excluding hydrogens is 150 g/mol. The van der Waals surface area contributed by atoms with E-state index in [0.717, 1.165) is 6.42 Å². The molecule has 0 aromatic carbocycles. The highest BCUT2D eigenvalue weighted by Gasteiger charge is 2.32. The van der Waals surface area contributed by atoms with E-state index < -0.39 is 0 Å². The number of halogens is 1. The second kappa shape index (κ2) is 2.27. The molecule has 2 rings (SSSR count). The van der Waals surface area contributed by atoms with Gasteiger partial charge < -0.3 is 4.84 Å². The van der Waals surface area contributed by atoms with Gasteiger partial charge in [-0.2, -0.15) is 0 Å². The van der Waals surface area contributed by atoms with Gasteiger partial charge in [-0.3, -0.25) is 0 Å². The molecule has 1 aliphatic heterocycles. The van der Waals surface area contributed by atoms with E-state index in [1.165, 1.54) is 0 Å². The van der Waals surface area contributed by atoms with Crippen molar-refractivity contribution in [2.75, 3.05) is 0 Å². The number of nitrogens with zero attached hydrogens (tertiary/aromatic N) is 1. The van der Waals surface area contributed by atoms with E-state index in [1.54, 1.807) is 6.21 Å². The Labute approximate surface area is 64.5 Å². The highest BCUT2D eigenvalue weighted by atomic mass is 35.5. The molecule has 0 radical (unpaired) electrons. The number of oxime groups is 1. The van der Waals surface area contributed by atoms with E-state index in [2.05, 4.69) is 11.2 Å². The maximum Gasteiger partial charge on any atom is 0.150 e. The SMILES string of the molecule is ClC1C=NOC2C=CCC12. The Kier molecular flexibility index (Phi) is 1.42. The maximum atomic E-state index is 5.95. The lowest BCUT2D eigenvalue weighted by Gasteiger charge is -2.23. The van der Waals surface area contributed by atoms with Crippen LogP contribution in [0.25, 0.3) is 0 Å². The zero-order valence-corrected chi connectivity index (χ0v) is 6.16. The average Bonchev–Trinajstić information content (AvgIpc) is 2.36. The minimum Gasteiger partial charge on any atom is -0.388 e. The van der Waals surface area contributed by atoms with Crippen LogP contribution in [0.3, 0.4) is 0 Å². The van der Waals surface area contributed by atoms with Gasteiger partial charge in [-0.15, -0.1) is 11.6 Å². The molecule has 0 amide bonds. The smallest absolute Gasteiger partial charge is 0.150 e. The fourth-order valence-electron chi connectivity index (χ4n) is 1.35. The molecule has 3 unspecified atom stereocenters. The molecule has 2 nitrogen and oxygen atoms in total. The minimum absolute atomic E-state index is 0.0498. The van der Waals surface area contributed by atoms with Crippen LogP contribution in [0.5, 0.6) is 0 Å². The number of fused-ring (bicyclic) bond motifs is 1. The lowest BCUT2D eigenvalue weighted by molar-refractivity contribution is 0.0501. The van der Waals surface area contributed by atoms with Gasteiger partial charge in [0, 0.05) is 5.92 Å². The van der Waals surface area contributed by atoms with Crippen LogP contribution in [0.1, 0.15) is 6.42 Å². The normalized spacial score (nSPS) is 43.1. The molecule has 3 heteroatoms. The molecule has 1 aliphatic carbocycles. The molecule has 0 spiro atoms. The van der Waals surface area contributed by atoms with Crippen LogP contribution < -0.4 is 0 Å². The third-order valence-electron chi connectivity index (χ3n) is 1.95. The summed E-state index contributed by atoms with van der Waals surface area (Å²) in [5, 5.41) is 3.74. The largest absolute Gasteiger partial charge is 0.388 e. The highest BCUT2D eigenvalue weighted by Crippen LogP contribution is 2.29. The van der Waals surface area contributed by atoms with E-state index in [9.17, 15) is 0 Å². The van der Waals surface area contributed by atoms with Crippen LogP contribution in [0.4, 0.5) is 0 Å². The van der Waals surface area contributed by atoms with Gasteiger partial charge in [-0.05, 0) is 12.5 Å². The van der Waals surface area contributed by atoms with Crippen molar-refractivity contribution in [3.8, 4) is 0 Å². The summed E-state index contributed by atoms with van der Waals surface area (Å²) in [6.07, 6.45) is 6.93. The van der Waals surface area contributed by atoms with Gasteiger partial charge in [-0.25, -0.2) is 0 Å². The molecule has 0 bridgehead atoms. The van der Waals surface area contributed by atoms with E-state index in [4.69, 9.17) is 16.4 Å². The van der Waals surface area contributed by atoms with E-state index in [1.807, 2.05) is 6.08 Å². The predicted molar refractivity (Wildman–Crippen MR) is 40.3 cm³/mol. The van der Waals surface area contributed by atoms with Crippen LogP contribution in [-0.4, -0.2) is 17.7 Å². The van der Waals surface area contributed by atoms with Crippen LogP contribution in [0.2, 0.25) is 0 Å². The van der Waals surface area contributed by atoms with Gasteiger partial charge >= 0.3 is 0 Å². The summed E-state index contributed by atoms with van der Waals surface area (Å²) in [5.74, 6) is 0.416. The summed E-state index contributed by atoms with van der Waals surface area (Å²) < 4.78 is 0. The van der Waals surface area contributed by atoms with Crippen LogP contribution in [0, 0.1) is 5.92 Å². The van der Waals surface area contributed by atoms with Crippen molar-refractivity contribution in [3.05, 3.63) is 12.2 Å². The molecule has 0 saturated heterocycles. The number of rotatable bonds is 0. The predicted octanol–water partition coefficient (Wildman–Crippen LogP) is 1.55. The first-order chi connectivity index (χ1) is 4.88. The zero-order valence-electron chi connectivity index (χ0n) is 5.40. The fourth-order valence-corrected chi connectivity index (χ4v) is 1.64. The summed E-state index contributed by atoms with van der Waals surface area (Å²) in [7, 11) is 0. The highest BCUT2D eigenvalue weighted by molar-refractivity contribution is 6.28. The second-order valence-electron chi connectivity index (χ2n) is 2.60. The number of allylic oxidation sites excluding steroid dienone is 1. The Bertz CT molecular complexity index is 190. The van der Waals surface area contributed by atoms with Gasteiger partial charge in [0.25, 0.3) is 0 Å². The van der Waals surface area contributed by atoms with Crippen LogP contribution in [0.15, 0.2) is 17.3 Å². The Hall–Kier alpha value is -0.500. The first-order valence-electron chi connectivity index (χ1n) is 3.38. The second-order valence-corrected chi connectivity index (χ2v) is 3.10. The lowest BCUT2D eigenvalue weighted by atomic mass is 10.0. The molecular formula is C7H8ClNO. The third-order valence-corrected chi connectivity index (χ3v) is 2.39. The molecule has 0 saturated carbocycles. The Morgan fingerprint density at radius 2 is 2.50 bits per heavy atom. The van der Waals surface area contributed by atoms with Crippen molar-refractivity contribution in [2.24, 2.45) is 11.1 Å². The average molecular weight is 158 g/mol. The van der Waals surface area contributed by atoms with Gasteiger partial charge in [-0.1, -0.05) is 11.2 Å². The maximum absolute atomic E-state index is 5.95. The summed E-state index contributed by atoms with van der Waals surface area (Å²) in [6.45, 7) is 0. The van der Waals surface area contributed by atoms with Crippen molar-refractivity contribution >= 4 is 17.8 Å². The molecule has 1 heterocycles. The minimum atomic E-state index is 0.0498. The third kappa shape index (κ3) is 0.833. The monoisotopic (exact) mass is 157 g/mol. The van der Waals surface area contributed by atoms with Gasteiger partial charge in [0.05, 0.1) is 11.6 Å². The number of alkyl halides is 1. The summed E-state index contributed by atoms with van der Waals surface area (Å²) in [6, 6.07) is 0. The van der Waals surface area contributed by atoms with Crippen molar-refractivity contribution in [3.63, 3.8) is 0 Å². The Morgan fingerprint density at radius 1 is 1.60 bits per heavy atom. The lowest BCUT2D eigenvalue weighted by Crippen LogP contribution is -2.29. The van der Waals surface area contributed by atoms with Crippen LogP contribution >= 0.6 is 11.6 Å². The Balaban J connectivity index is 2.18. The van der Waals surface area contributed by atoms with E-state index >= 15 is 0 Å². The first-order valence-corrected chi connectivity index (χ1v) is 3.81. The van der Waals surface area contributed by atoms with Gasteiger partial charge in [0.1, 0.15) is 0 Å². The molecule has 54 valence electrons. The van der Waals surface area contributed by atoms with Crippen molar-refractivity contribution in [2.45, 2.75) is 17.9 Å². The van der Waals surface area contributed by atoms with Gasteiger partial charge in [0.15, 0.2) is 6.10 Å². The molecule has 3 atom stereocenters. The molecule has 2 aliphatic rings. The molecule has 0 aromatic heterocycles. The van der Waals surface area contributed by atoms with E-state index in [-0.39, 0.29) is 11.5 Å². The van der Waals surface area contributed by atoms with E-state index in [0.29, 0.717) is 5.92 Å². The number of hydrogen-bond donors (Lipinski definition) is 0. The molecule has 0 aromatic rings. The van der Waals surface area contributed by atoms with Gasteiger partial charge in [0.2, 0.25) is 0 Å². The van der Waals surface area contributed by atoms with Crippen molar-refractivity contribution < 1.29 is 4.84 Å². The summed E-state index contributed by atoms with van der Waals surface area (Å²) in [4.78, 5) is 5.07. The first kappa shape index (κ1) is 6.23. The molecule has 10 heavy (non-hydrogen) atoms. The van der Waals surface area contributed by atoms with Crippen molar-refractivity contribution in [1.82, 2.24) is 0 Å². The Morgan fingerprint density at radius 3 is 3.30 bits per heavy atom. The molecule has 0 fully saturated rings. The standard InChI is InChI=1S/C7H8ClNO/c8-6-4-9-10-7-3-1-2-5(6)7/h1,3-7H,2H2. The summed E-state index contributed by atoms with van der Waals surface area (Å²) in [5.41, 5.74) is 0. The quantitative estimate of drug-likeness (QED) is 0.386. The zero-order chi connectivity index (χ0) is 6.97. The van der Waals surface area contributed by atoms with Crippen LogP contribution in [-0.2, 0) is 4.84 Å². The topological polar surface area (TPSA) is 21.6 Å². The fraction of sp³-hybridized carbons (Fsp3) is 0.571.